The Kier molecular flexibility index (Phi) is 3.61. The molecule has 3 aliphatic heterocycles. The largest absolute Gasteiger partial charge is 0.453 e. The fourth-order valence-corrected chi connectivity index (χ4v) is 4.92. The van der Waals surface area contributed by atoms with Crippen molar-refractivity contribution in [2.75, 3.05) is 0 Å². The van der Waals surface area contributed by atoms with E-state index in [-0.39, 0.29) is 29.3 Å². The van der Waals surface area contributed by atoms with Gasteiger partial charge in [0.15, 0.2) is 11.6 Å². The number of epoxide rings is 1. The Morgan fingerprint density at radius 1 is 1.04 bits per heavy atom. The summed E-state index contributed by atoms with van der Waals surface area (Å²) in [4.78, 5) is 39.0. The number of hydrogen-bond donors (Lipinski definition) is 1. The van der Waals surface area contributed by atoms with Gasteiger partial charge in [0.2, 0.25) is 0 Å². The molecule has 3 heterocycles. The van der Waals surface area contributed by atoms with E-state index < -0.39 is 40.6 Å². The van der Waals surface area contributed by atoms with Gasteiger partial charge < -0.3 is 14.6 Å². The van der Waals surface area contributed by atoms with E-state index in [1.807, 2.05) is 20.8 Å². The molecule has 0 saturated carbocycles. The second kappa shape index (κ2) is 5.26. The van der Waals surface area contributed by atoms with Crippen LogP contribution in [0.3, 0.4) is 0 Å². The molecule has 1 aliphatic carbocycles. The summed E-state index contributed by atoms with van der Waals surface area (Å²) >= 11 is 0. The maximum Gasteiger partial charge on any atom is 0.336 e. The average Bonchev–Trinajstić information content (AvgIpc) is 3.25. The zero-order valence-corrected chi connectivity index (χ0v) is 15.8. The van der Waals surface area contributed by atoms with Crippen LogP contribution in [0.5, 0.6) is 0 Å². The summed E-state index contributed by atoms with van der Waals surface area (Å²) in [7, 11) is 0. The van der Waals surface area contributed by atoms with Gasteiger partial charge in [-0.3, -0.25) is 9.59 Å². The van der Waals surface area contributed by atoms with E-state index in [1.54, 1.807) is 6.92 Å². The minimum Gasteiger partial charge on any atom is -0.453 e. The fraction of sp³-hybridized carbons (Fsp3) is 0.750. The predicted molar refractivity (Wildman–Crippen MR) is 91.2 cm³/mol. The van der Waals surface area contributed by atoms with Crippen LogP contribution in [0.2, 0.25) is 0 Å². The Labute approximate surface area is 152 Å². The highest BCUT2D eigenvalue weighted by Gasteiger charge is 2.62. The van der Waals surface area contributed by atoms with Crippen molar-refractivity contribution in [2.45, 2.75) is 83.2 Å². The molecule has 0 radical (unpaired) electrons. The summed E-state index contributed by atoms with van der Waals surface area (Å²) in [5, 5.41) is 10.8. The van der Waals surface area contributed by atoms with Gasteiger partial charge in [-0.2, -0.15) is 0 Å². The first-order valence-corrected chi connectivity index (χ1v) is 9.43. The number of fused-ring (bicyclic) bond motifs is 3. The van der Waals surface area contributed by atoms with E-state index >= 15 is 0 Å². The maximum atomic E-state index is 13.1. The lowest BCUT2D eigenvalue weighted by atomic mass is 9.61. The SMILES string of the molecule is C[C@@H]1CC(=O)C2=C3C(=O)O[C@](C)(CC[C@]31C)[C@@H](O)CC[C@@]1(C)O[C@@H]1C2=O. The van der Waals surface area contributed by atoms with E-state index in [4.69, 9.17) is 9.47 Å². The van der Waals surface area contributed by atoms with Crippen molar-refractivity contribution in [3.63, 3.8) is 0 Å². The van der Waals surface area contributed by atoms with Gasteiger partial charge in [-0.25, -0.2) is 4.79 Å². The molecule has 6 nitrogen and oxygen atoms in total. The molecule has 4 aliphatic rings. The molecular formula is C20H26O6. The van der Waals surface area contributed by atoms with Gasteiger partial charge in [0.05, 0.1) is 17.3 Å². The van der Waals surface area contributed by atoms with Crippen LogP contribution in [-0.4, -0.2) is 46.1 Å². The van der Waals surface area contributed by atoms with Gasteiger partial charge in [-0.05, 0) is 45.4 Å². The molecule has 4 rings (SSSR count). The molecule has 0 aromatic rings. The summed E-state index contributed by atoms with van der Waals surface area (Å²) in [5.41, 5.74) is -2.18. The summed E-state index contributed by atoms with van der Waals surface area (Å²) in [6.45, 7) is 7.44. The molecule has 0 aromatic carbocycles. The number of ketones is 2. The molecule has 6 atom stereocenters. The van der Waals surface area contributed by atoms with Gasteiger partial charge in [0.25, 0.3) is 0 Å². The molecule has 0 spiro atoms. The van der Waals surface area contributed by atoms with Crippen molar-refractivity contribution in [1.82, 2.24) is 0 Å². The van der Waals surface area contributed by atoms with E-state index in [0.717, 1.165) is 0 Å². The average molecular weight is 362 g/mol. The van der Waals surface area contributed by atoms with Gasteiger partial charge in [-0.15, -0.1) is 0 Å². The van der Waals surface area contributed by atoms with Crippen LogP contribution < -0.4 is 0 Å². The summed E-state index contributed by atoms with van der Waals surface area (Å²) in [6, 6.07) is 0. The maximum absolute atomic E-state index is 13.1. The number of aliphatic hydroxyl groups is 1. The molecule has 2 saturated heterocycles. The number of rotatable bonds is 0. The normalized spacial score (nSPS) is 48.5. The van der Waals surface area contributed by atoms with Crippen LogP contribution in [0.25, 0.3) is 0 Å². The van der Waals surface area contributed by atoms with Crippen LogP contribution >= 0.6 is 0 Å². The number of esters is 1. The predicted octanol–water partition coefficient (Wildman–Crippen LogP) is 1.88. The van der Waals surface area contributed by atoms with E-state index in [0.29, 0.717) is 25.7 Å². The number of hydrogen-bond acceptors (Lipinski definition) is 6. The summed E-state index contributed by atoms with van der Waals surface area (Å²) < 4.78 is 11.4. The molecule has 1 N–H and O–H groups in total. The van der Waals surface area contributed by atoms with Crippen molar-refractivity contribution in [3.05, 3.63) is 11.1 Å². The first-order valence-electron chi connectivity index (χ1n) is 9.43. The van der Waals surface area contributed by atoms with E-state index in [9.17, 15) is 19.5 Å². The summed E-state index contributed by atoms with van der Waals surface area (Å²) in [6.07, 6.45) is 0.572. The van der Waals surface area contributed by atoms with Crippen LogP contribution in [0.1, 0.15) is 59.8 Å². The van der Waals surface area contributed by atoms with Gasteiger partial charge in [0, 0.05) is 11.8 Å². The third kappa shape index (κ3) is 2.28. The minimum absolute atomic E-state index is 0.0232. The number of ether oxygens (including phenoxy) is 2. The van der Waals surface area contributed by atoms with E-state index in [1.165, 1.54) is 0 Å². The number of carbonyl (C=O) groups excluding carboxylic acids is 3. The summed E-state index contributed by atoms with van der Waals surface area (Å²) in [5.74, 6) is -1.42. The van der Waals surface area contributed by atoms with Crippen LogP contribution in [-0.2, 0) is 23.9 Å². The van der Waals surface area contributed by atoms with Crippen molar-refractivity contribution in [1.29, 1.82) is 0 Å². The van der Waals surface area contributed by atoms with Crippen LogP contribution in [0.15, 0.2) is 11.1 Å². The number of Topliss-reactive ketones (excluding diaryl/α,β-unsaturated/α-hetero) is 2. The van der Waals surface area contributed by atoms with Crippen LogP contribution in [0, 0.1) is 11.3 Å². The monoisotopic (exact) mass is 362 g/mol. The van der Waals surface area contributed by atoms with Crippen molar-refractivity contribution < 1.29 is 29.0 Å². The molecule has 26 heavy (non-hydrogen) atoms. The highest BCUT2D eigenvalue weighted by molar-refractivity contribution is 6.27. The molecule has 2 bridgehead atoms. The molecule has 142 valence electrons. The smallest absolute Gasteiger partial charge is 0.336 e. The first kappa shape index (κ1) is 17.9. The molecular weight excluding hydrogens is 336 g/mol. The van der Waals surface area contributed by atoms with Crippen LogP contribution in [0.4, 0.5) is 0 Å². The second-order valence-corrected chi connectivity index (χ2v) is 9.13. The number of carbonyl (C=O) groups is 3. The zero-order valence-electron chi connectivity index (χ0n) is 15.8. The fourth-order valence-electron chi connectivity index (χ4n) is 4.92. The van der Waals surface area contributed by atoms with Crippen molar-refractivity contribution >= 4 is 17.5 Å². The third-order valence-electron chi connectivity index (χ3n) is 7.34. The Morgan fingerprint density at radius 2 is 1.73 bits per heavy atom. The zero-order chi connectivity index (χ0) is 19.1. The minimum atomic E-state index is -1.04. The molecule has 0 amide bonds. The van der Waals surface area contributed by atoms with Crippen molar-refractivity contribution in [2.24, 2.45) is 11.3 Å². The molecule has 0 aromatic heterocycles. The van der Waals surface area contributed by atoms with Gasteiger partial charge in [-0.1, -0.05) is 13.8 Å². The quantitative estimate of drug-likeness (QED) is 0.402. The Hall–Kier alpha value is -1.53. The van der Waals surface area contributed by atoms with Gasteiger partial charge in [0.1, 0.15) is 17.3 Å². The van der Waals surface area contributed by atoms with E-state index in [2.05, 4.69) is 0 Å². The highest BCUT2D eigenvalue weighted by Crippen LogP contribution is 2.54. The highest BCUT2D eigenvalue weighted by atomic mass is 16.6. The molecule has 6 heteroatoms. The lowest BCUT2D eigenvalue weighted by Crippen LogP contribution is -2.43. The third-order valence-corrected chi connectivity index (χ3v) is 7.34. The Balaban J connectivity index is 1.95. The first-order chi connectivity index (χ1) is 12.0. The lowest BCUT2D eigenvalue weighted by molar-refractivity contribution is -0.166. The standard InChI is InChI=1S/C20H26O6/c1-10-9-11(21)13-14-17(24)26-19(3,8-7-18(10,14)2)12(22)5-6-20(4)16(25-20)15(13)23/h10,12,16,22H,5-9H2,1-4H3/t10-,12+,16-,18+,19-,20-/m1/s1. The van der Waals surface area contributed by atoms with Crippen molar-refractivity contribution in [3.8, 4) is 0 Å². The Bertz CT molecular complexity index is 753. The number of aliphatic hydroxyl groups excluding tert-OH is 1. The Morgan fingerprint density at radius 3 is 2.42 bits per heavy atom. The molecule has 0 unspecified atom stereocenters. The second-order valence-electron chi connectivity index (χ2n) is 9.13. The molecule has 2 fully saturated rings. The lowest BCUT2D eigenvalue weighted by Gasteiger charge is -2.40. The topological polar surface area (TPSA) is 93.2 Å². The van der Waals surface area contributed by atoms with Gasteiger partial charge >= 0.3 is 5.97 Å².